The molecular weight excluding hydrogens is 316 g/mol. The van der Waals surface area contributed by atoms with Gasteiger partial charge in [0.2, 0.25) is 5.91 Å². The smallest absolute Gasteiger partial charge is 0.354 e. The van der Waals surface area contributed by atoms with E-state index in [0.717, 1.165) is 18.2 Å². The molecule has 5 nitrogen and oxygen atoms in total. The highest BCUT2D eigenvalue weighted by Gasteiger charge is 2.54. The number of ether oxygens (including phenoxy) is 1. The van der Waals surface area contributed by atoms with Crippen LogP contribution in [-0.4, -0.2) is 40.9 Å². The second kappa shape index (κ2) is 6.19. The molecule has 2 aliphatic carbocycles. The first-order chi connectivity index (χ1) is 11.0. The van der Waals surface area contributed by atoms with E-state index in [1.807, 2.05) is 18.0 Å². The highest BCUT2D eigenvalue weighted by molar-refractivity contribution is 6.27. The number of halogens is 1. The molecular formula is C17H23ClN2O3. The molecule has 0 aliphatic heterocycles. The molecule has 0 radical (unpaired) electrons. The number of hydrogen-bond acceptors (Lipinski definition) is 3. The molecule has 3 rings (SSSR count). The fourth-order valence-corrected chi connectivity index (χ4v) is 3.63. The van der Waals surface area contributed by atoms with Gasteiger partial charge in [0.15, 0.2) is 0 Å². The lowest BCUT2D eigenvalue weighted by Gasteiger charge is -2.27. The van der Waals surface area contributed by atoms with E-state index in [2.05, 4.69) is 0 Å². The van der Waals surface area contributed by atoms with Crippen LogP contribution in [0.15, 0.2) is 12.1 Å². The first-order valence-corrected chi connectivity index (χ1v) is 8.61. The van der Waals surface area contributed by atoms with Gasteiger partial charge in [-0.1, -0.05) is 0 Å². The van der Waals surface area contributed by atoms with Crippen LogP contribution in [0.25, 0.3) is 0 Å². The summed E-state index contributed by atoms with van der Waals surface area (Å²) >= 11 is 5.80. The Hall–Kier alpha value is -1.49. The van der Waals surface area contributed by atoms with E-state index in [-0.39, 0.29) is 17.8 Å². The number of nitrogens with zero attached hydrogens (tertiary/aromatic N) is 2. The van der Waals surface area contributed by atoms with Crippen LogP contribution >= 0.6 is 11.6 Å². The summed E-state index contributed by atoms with van der Waals surface area (Å²) in [4.78, 5) is 25.8. The molecule has 2 saturated carbocycles. The molecule has 1 aromatic rings. The van der Waals surface area contributed by atoms with Gasteiger partial charge < -0.3 is 14.2 Å². The first kappa shape index (κ1) is 16.4. The van der Waals surface area contributed by atoms with Crippen molar-refractivity contribution in [3.63, 3.8) is 0 Å². The lowest BCUT2D eigenvalue weighted by molar-refractivity contribution is -0.130. The number of carbonyl (C=O) groups excluding carboxylic acids is 2. The number of amides is 1. The minimum Gasteiger partial charge on any atom is -0.464 e. The second-order valence-corrected chi connectivity index (χ2v) is 7.05. The summed E-state index contributed by atoms with van der Waals surface area (Å²) in [6.45, 7) is 1.26. The molecule has 6 heteroatoms. The van der Waals surface area contributed by atoms with Gasteiger partial charge in [0, 0.05) is 19.3 Å². The number of esters is 1. The maximum Gasteiger partial charge on any atom is 0.354 e. The zero-order valence-corrected chi connectivity index (χ0v) is 14.4. The number of alkyl halides is 1. The molecule has 0 aromatic carbocycles. The summed E-state index contributed by atoms with van der Waals surface area (Å²) in [6.07, 6.45) is 5.01. The van der Waals surface area contributed by atoms with Crippen molar-refractivity contribution in [3.05, 3.63) is 23.5 Å². The Labute approximate surface area is 141 Å². The fraction of sp³-hybridized carbons (Fsp3) is 0.647. The lowest BCUT2D eigenvalue weighted by Crippen LogP contribution is -2.37. The summed E-state index contributed by atoms with van der Waals surface area (Å²) < 4.78 is 6.56. The van der Waals surface area contributed by atoms with Crippen LogP contribution in [0.2, 0.25) is 0 Å². The van der Waals surface area contributed by atoms with E-state index in [1.54, 1.807) is 10.6 Å². The standard InChI is InChI=1S/C17H23ClN2O3/c1-19-13(5-6-14(19)16(22)23-2)10-20(15(21)9-18)11-17(7-8-17)12-3-4-12/h5-6,12H,3-4,7-11H2,1-2H3. The molecule has 1 aromatic heterocycles. The van der Waals surface area contributed by atoms with E-state index in [4.69, 9.17) is 16.3 Å². The monoisotopic (exact) mass is 338 g/mol. The molecule has 0 unspecified atom stereocenters. The van der Waals surface area contributed by atoms with Crippen LogP contribution in [0.5, 0.6) is 0 Å². The van der Waals surface area contributed by atoms with Gasteiger partial charge in [-0.05, 0) is 49.1 Å². The number of carbonyl (C=O) groups is 2. The quantitative estimate of drug-likeness (QED) is 0.567. The fourth-order valence-electron chi connectivity index (χ4n) is 3.47. The third-order valence-electron chi connectivity index (χ3n) is 5.28. The van der Waals surface area contributed by atoms with E-state index < -0.39 is 0 Å². The average Bonchev–Trinajstić information content (AvgIpc) is 3.45. The minimum atomic E-state index is -0.370. The number of rotatable bonds is 7. The number of methoxy groups -OCH3 is 1. The highest BCUT2D eigenvalue weighted by atomic mass is 35.5. The Bertz CT molecular complexity index is 617. The lowest BCUT2D eigenvalue weighted by atomic mass is 10.00. The van der Waals surface area contributed by atoms with Crippen LogP contribution in [0.3, 0.4) is 0 Å². The minimum absolute atomic E-state index is 0.00493. The largest absolute Gasteiger partial charge is 0.464 e. The van der Waals surface area contributed by atoms with Crippen LogP contribution < -0.4 is 0 Å². The molecule has 0 spiro atoms. The third kappa shape index (κ3) is 3.25. The van der Waals surface area contributed by atoms with Crippen LogP contribution in [-0.2, 0) is 23.1 Å². The Morgan fingerprint density at radius 2 is 2.09 bits per heavy atom. The predicted octanol–water partition coefficient (Wildman–Crippen LogP) is 2.57. The highest BCUT2D eigenvalue weighted by Crippen LogP contribution is 2.61. The van der Waals surface area contributed by atoms with Gasteiger partial charge >= 0.3 is 5.97 Å². The maximum absolute atomic E-state index is 12.3. The number of hydrogen-bond donors (Lipinski definition) is 0. The second-order valence-electron chi connectivity index (χ2n) is 6.78. The van der Waals surface area contributed by atoms with Gasteiger partial charge in [-0.3, -0.25) is 4.79 Å². The molecule has 0 saturated heterocycles. The molecule has 126 valence electrons. The van der Waals surface area contributed by atoms with Crippen molar-refractivity contribution in [2.24, 2.45) is 18.4 Å². The summed E-state index contributed by atoms with van der Waals surface area (Å²) in [6, 6.07) is 3.61. The molecule has 0 atom stereocenters. The van der Waals surface area contributed by atoms with E-state index in [1.165, 1.54) is 32.8 Å². The molecule has 1 amide bonds. The third-order valence-corrected chi connectivity index (χ3v) is 5.51. The summed E-state index contributed by atoms with van der Waals surface area (Å²) in [5.41, 5.74) is 1.73. The van der Waals surface area contributed by atoms with Crippen molar-refractivity contribution in [2.45, 2.75) is 32.2 Å². The van der Waals surface area contributed by atoms with Crippen molar-refractivity contribution in [2.75, 3.05) is 19.5 Å². The Morgan fingerprint density at radius 3 is 2.61 bits per heavy atom. The SMILES string of the molecule is COC(=O)c1ccc(CN(CC2(C3CC3)CC2)C(=O)CCl)n1C. The maximum atomic E-state index is 12.3. The summed E-state index contributed by atoms with van der Waals surface area (Å²) in [5, 5.41) is 0. The van der Waals surface area contributed by atoms with Crippen molar-refractivity contribution in [1.29, 1.82) is 0 Å². The Balaban J connectivity index is 1.75. The van der Waals surface area contributed by atoms with Crippen LogP contribution in [0.4, 0.5) is 0 Å². The molecule has 23 heavy (non-hydrogen) atoms. The van der Waals surface area contributed by atoms with Crippen molar-refractivity contribution >= 4 is 23.5 Å². The van der Waals surface area contributed by atoms with Gasteiger partial charge in [-0.2, -0.15) is 0 Å². The first-order valence-electron chi connectivity index (χ1n) is 8.07. The van der Waals surface area contributed by atoms with E-state index in [9.17, 15) is 9.59 Å². The summed E-state index contributed by atoms with van der Waals surface area (Å²) in [7, 11) is 3.18. The predicted molar refractivity (Wildman–Crippen MR) is 87.3 cm³/mol. The van der Waals surface area contributed by atoms with Crippen molar-refractivity contribution in [3.8, 4) is 0 Å². The zero-order chi connectivity index (χ0) is 16.6. The zero-order valence-electron chi connectivity index (χ0n) is 13.7. The number of aromatic nitrogens is 1. The molecule has 0 bridgehead atoms. The van der Waals surface area contributed by atoms with Crippen LogP contribution in [0, 0.1) is 11.3 Å². The molecule has 2 aliphatic rings. The molecule has 1 heterocycles. The van der Waals surface area contributed by atoms with Gasteiger partial charge in [-0.15, -0.1) is 11.6 Å². The molecule has 0 N–H and O–H groups in total. The Morgan fingerprint density at radius 1 is 1.39 bits per heavy atom. The Kier molecular flexibility index (Phi) is 4.41. The van der Waals surface area contributed by atoms with Gasteiger partial charge in [0.05, 0.1) is 13.7 Å². The van der Waals surface area contributed by atoms with Crippen molar-refractivity contribution in [1.82, 2.24) is 9.47 Å². The summed E-state index contributed by atoms with van der Waals surface area (Å²) in [5.74, 6) is 0.367. The van der Waals surface area contributed by atoms with Gasteiger partial charge in [-0.25, -0.2) is 4.79 Å². The van der Waals surface area contributed by atoms with E-state index >= 15 is 0 Å². The average molecular weight is 339 g/mol. The normalized spacial score (nSPS) is 18.6. The topological polar surface area (TPSA) is 51.5 Å². The molecule has 2 fully saturated rings. The van der Waals surface area contributed by atoms with Gasteiger partial charge in [0.25, 0.3) is 0 Å². The van der Waals surface area contributed by atoms with Crippen LogP contribution in [0.1, 0.15) is 41.9 Å². The van der Waals surface area contributed by atoms with Crippen molar-refractivity contribution < 1.29 is 14.3 Å². The van der Waals surface area contributed by atoms with Gasteiger partial charge in [0.1, 0.15) is 11.6 Å². The van der Waals surface area contributed by atoms with E-state index in [0.29, 0.717) is 17.7 Å².